The first kappa shape index (κ1) is 16.3. The van der Waals surface area contributed by atoms with Gasteiger partial charge in [-0.05, 0) is 37.3 Å². The normalized spacial score (nSPS) is 24.3. The zero-order valence-corrected chi connectivity index (χ0v) is 12.6. The molecular formula is C16H23F3N2. The number of halogens is 3. The lowest BCUT2D eigenvalue weighted by atomic mass is 9.91. The Morgan fingerprint density at radius 2 is 1.95 bits per heavy atom. The highest BCUT2D eigenvalue weighted by molar-refractivity contribution is 5.30. The van der Waals surface area contributed by atoms with E-state index in [4.69, 9.17) is 5.73 Å². The summed E-state index contributed by atoms with van der Waals surface area (Å²) in [5.74, 6) is -0.389. The number of hydrogen-bond donors (Lipinski definition) is 1. The molecule has 1 aliphatic rings. The molecule has 2 nitrogen and oxygen atoms in total. The molecule has 1 fully saturated rings. The van der Waals surface area contributed by atoms with Crippen LogP contribution in [0.3, 0.4) is 0 Å². The number of piperidine rings is 1. The van der Waals surface area contributed by atoms with Crippen LogP contribution in [0.25, 0.3) is 0 Å². The Bertz CT molecular complexity index is 485. The van der Waals surface area contributed by atoms with Crippen molar-refractivity contribution in [3.05, 3.63) is 34.9 Å². The largest absolute Gasteiger partial charge is 0.389 e. The van der Waals surface area contributed by atoms with E-state index in [1.54, 1.807) is 0 Å². The second-order valence-electron chi connectivity index (χ2n) is 6.31. The van der Waals surface area contributed by atoms with Gasteiger partial charge >= 0.3 is 6.18 Å². The van der Waals surface area contributed by atoms with Gasteiger partial charge in [0.25, 0.3) is 0 Å². The molecule has 5 heteroatoms. The quantitative estimate of drug-likeness (QED) is 0.927. The second kappa shape index (κ2) is 6.36. The smallest absolute Gasteiger partial charge is 0.327 e. The number of alkyl halides is 3. The Kier molecular flexibility index (Phi) is 4.94. The summed E-state index contributed by atoms with van der Waals surface area (Å²) in [5.41, 5.74) is 9.49. The van der Waals surface area contributed by atoms with E-state index in [0.29, 0.717) is 26.1 Å². The summed E-state index contributed by atoms with van der Waals surface area (Å²) in [5, 5.41) is 0. The number of rotatable bonds is 3. The molecule has 0 aromatic heterocycles. The molecule has 0 bridgehead atoms. The number of nitrogens with zero attached hydrogens (tertiary/aromatic N) is 1. The van der Waals surface area contributed by atoms with E-state index in [9.17, 15) is 13.2 Å². The molecule has 0 aliphatic carbocycles. The van der Waals surface area contributed by atoms with Crippen molar-refractivity contribution in [3.63, 3.8) is 0 Å². The van der Waals surface area contributed by atoms with Gasteiger partial charge in [0, 0.05) is 32.1 Å². The highest BCUT2D eigenvalue weighted by atomic mass is 19.4. The highest BCUT2D eigenvalue weighted by Crippen LogP contribution is 2.30. The number of hydrogen-bond acceptors (Lipinski definition) is 2. The monoisotopic (exact) mass is 300 g/mol. The molecule has 0 amide bonds. The first-order chi connectivity index (χ1) is 9.73. The van der Waals surface area contributed by atoms with Gasteiger partial charge in [-0.2, -0.15) is 13.2 Å². The molecule has 2 unspecified atom stereocenters. The van der Waals surface area contributed by atoms with Crippen LogP contribution in [-0.4, -0.2) is 30.2 Å². The maximum Gasteiger partial charge on any atom is 0.389 e. The van der Waals surface area contributed by atoms with Gasteiger partial charge in [0.15, 0.2) is 0 Å². The van der Waals surface area contributed by atoms with Crippen LogP contribution in [0, 0.1) is 19.8 Å². The summed E-state index contributed by atoms with van der Waals surface area (Å²) < 4.78 is 37.7. The predicted molar refractivity (Wildman–Crippen MR) is 77.9 cm³/mol. The van der Waals surface area contributed by atoms with Crippen molar-refractivity contribution in [3.8, 4) is 0 Å². The first-order valence-corrected chi connectivity index (χ1v) is 7.34. The predicted octanol–water partition coefficient (Wildman–Crippen LogP) is 3.41. The third kappa shape index (κ3) is 5.00. The summed E-state index contributed by atoms with van der Waals surface area (Å²) in [6.45, 7) is 5.89. The lowest BCUT2D eigenvalue weighted by Gasteiger charge is -2.37. The molecule has 0 spiro atoms. The molecular weight excluding hydrogens is 277 g/mol. The van der Waals surface area contributed by atoms with Crippen molar-refractivity contribution in [1.29, 1.82) is 0 Å². The van der Waals surface area contributed by atoms with Gasteiger partial charge in [-0.25, -0.2) is 0 Å². The summed E-state index contributed by atoms with van der Waals surface area (Å²) in [6.07, 6.45) is -4.37. The van der Waals surface area contributed by atoms with E-state index in [-0.39, 0.29) is 12.0 Å². The lowest BCUT2D eigenvalue weighted by Crippen LogP contribution is -2.47. The van der Waals surface area contributed by atoms with E-state index in [1.807, 2.05) is 19.9 Å². The van der Waals surface area contributed by atoms with Crippen LogP contribution >= 0.6 is 0 Å². The minimum absolute atomic E-state index is 0.170. The Morgan fingerprint density at radius 3 is 2.57 bits per heavy atom. The molecule has 118 valence electrons. The summed E-state index contributed by atoms with van der Waals surface area (Å²) >= 11 is 0. The molecule has 0 saturated carbocycles. The third-order valence-corrected chi connectivity index (χ3v) is 4.06. The fourth-order valence-electron chi connectivity index (χ4n) is 3.22. The van der Waals surface area contributed by atoms with Gasteiger partial charge in [0.2, 0.25) is 0 Å². The zero-order chi connectivity index (χ0) is 15.6. The Labute approximate surface area is 124 Å². The van der Waals surface area contributed by atoms with Crippen molar-refractivity contribution in [2.24, 2.45) is 11.7 Å². The Morgan fingerprint density at radius 1 is 1.24 bits per heavy atom. The standard InChI is InChI=1S/C16H23F3N2/c1-11-3-4-14(12(2)5-11)9-21-8-13(6-15(20)10-21)7-16(17,18)19/h3-5,13,15H,6-10,20H2,1-2H3. The van der Waals surface area contributed by atoms with Crippen LogP contribution in [-0.2, 0) is 6.54 Å². The highest BCUT2D eigenvalue weighted by Gasteiger charge is 2.35. The number of nitrogens with two attached hydrogens (primary N) is 1. The van der Waals surface area contributed by atoms with Gasteiger partial charge < -0.3 is 5.73 Å². The lowest BCUT2D eigenvalue weighted by molar-refractivity contribution is -0.148. The van der Waals surface area contributed by atoms with E-state index in [2.05, 4.69) is 17.0 Å². The van der Waals surface area contributed by atoms with Crippen LogP contribution < -0.4 is 5.73 Å². The summed E-state index contributed by atoms with van der Waals surface area (Å²) in [4.78, 5) is 2.06. The SMILES string of the molecule is Cc1ccc(CN2CC(N)CC(CC(F)(F)F)C2)c(C)c1. The van der Waals surface area contributed by atoms with Crippen molar-refractivity contribution in [2.45, 2.75) is 45.5 Å². The van der Waals surface area contributed by atoms with Crippen LogP contribution in [0.4, 0.5) is 13.2 Å². The minimum atomic E-state index is -4.10. The molecule has 1 aromatic rings. The molecule has 0 radical (unpaired) electrons. The van der Waals surface area contributed by atoms with Gasteiger partial charge in [0.05, 0.1) is 0 Å². The van der Waals surface area contributed by atoms with Crippen molar-refractivity contribution >= 4 is 0 Å². The van der Waals surface area contributed by atoms with E-state index < -0.39 is 12.6 Å². The molecule has 1 aliphatic heterocycles. The molecule has 1 aromatic carbocycles. The number of benzene rings is 1. The van der Waals surface area contributed by atoms with Crippen molar-refractivity contribution in [1.82, 2.24) is 4.90 Å². The molecule has 1 heterocycles. The van der Waals surface area contributed by atoms with Crippen LogP contribution in [0.2, 0.25) is 0 Å². The van der Waals surface area contributed by atoms with Gasteiger partial charge in [-0.3, -0.25) is 4.90 Å². The van der Waals surface area contributed by atoms with Crippen LogP contribution in [0.1, 0.15) is 29.5 Å². The van der Waals surface area contributed by atoms with Crippen molar-refractivity contribution in [2.75, 3.05) is 13.1 Å². The summed E-state index contributed by atoms with van der Waals surface area (Å²) in [7, 11) is 0. The maximum absolute atomic E-state index is 12.6. The van der Waals surface area contributed by atoms with Crippen LogP contribution in [0.15, 0.2) is 18.2 Å². The first-order valence-electron chi connectivity index (χ1n) is 7.34. The molecule has 2 atom stereocenters. The zero-order valence-electron chi connectivity index (χ0n) is 12.6. The van der Waals surface area contributed by atoms with E-state index >= 15 is 0 Å². The molecule has 1 saturated heterocycles. The van der Waals surface area contributed by atoms with Crippen LogP contribution in [0.5, 0.6) is 0 Å². The van der Waals surface area contributed by atoms with Gasteiger partial charge in [-0.1, -0.05) is 23.8 Å². The van der Waals surface area contributed by atoms with Crippen molar-refractivity contribution < 1.29 is 13.2 Å². The third-order valence-electron chi connectivity index (χ3n) is 4.06. The number of likely N-dealkylation sites (tertiary alicyclic amines) is 1. The van der Waals surface area contributed by atoms with E-state index in [1.165, 1.54) is 16.7 Å². The Balaban J connectivity index is 2.02. The van der Waals surface area contributed by atoms with Gasteiger partial charge in [-0.15, -0.1) is 0 Å². The van der Waals surface area contributed by atoms with Gasteiger partial charge in [0.1, 0.15) is 0 Å². The summed E-state index contributed by atoms with van der Waals surface area (Å²) in [6, 6.07) is 6.03. The molecule has 2 N–H and O–H groups in total. The molecule has 2 rings (SSSR count). The maximum atomic E-state index is 12.6. The fourth-order valence-corrected chi connectivity index (χ4v) is 3.22. The average molecular weight is 300 g/mol. The van der Waals surface area contributed by atoms with E-state index in [0.717, 1.165) is 0 Å². The fraction of sp³-hybridized carbons (Fsp3) is 0.625. The second-order valence-corrected chi connectivity index (χ2v) is 6.31. The minimum Gasteiger partial charge on any atom is -0.327 e. The topological polar surface area (TPSA) is 29.3 Å². The number of aryl methyl sites for hydroxylation is 2. The Hall–Kier alpha value is -1.07. The molecule has 21 heavy (non-hydrogen) atoms. The average Bonchev–Trinajstić information content (AvgIpc) is 2.29.